The number of ether oxygens (including phenoxy) is 2. The summed E-state index contributed by atoms with van der Waals surface area (Å²) in [5.74, 6) is 0.552. The third-order valence-electron chi connectivity index (χ3n) is 3.14. The summed E-state index contributed by atoms with van der Waals surface area (Å²) in [5.41, 5.74) is 3.61. The number of nitrogens with zero attached hydrogens (tertiary/aromatic N) is 2. The zero-order valence-corrected chi connectivity index (χ0v) is 13.0. The number of hydrogen-bond acceptors (Lipinski definition) is 3. The van der Waals surface area contributed by atoms with E-state index in [0.717, 1.165) is 38.1 Å². The van der Waals surface area contributed by atoms with Gasteiger partial charge in [0, 0.05) is 31.5 Å². The van der Waals surface area contributed by atoms with Crippen molar-refractivity contribution < 1.29 is 9.47 Å². The van der Waals surface area contributed by atoms with Gasteiger partial charge in [0.2, 0.25) is 0 Å². The van der Waals surface area contributed by atoms with E-state index >= 15 is 0 Å². The molecular weight excluding hydrogens is 264 g/mol. The summed E-state index contributed by atoms with van der Waals surface area (Å²) in [7, 11) is 1.68. The first-order chi connectivity index (χ1) is 9.28. The first-order valence-electron chi connectivity index (χ1n) is 6.98. The zero-order chi connectivity index (χ0) is 14.1. The van der Waals surface area contributed by atoms with Crippen LogP contribution in [-0.4, -0.2) is 36.7 Å². The van der Waals surface area contributed by atoms with Crippen LogP contribution < -0.4 is 0 Å². The standard InChI is InChI=1S/C14H25ClN2O2/c1-4-13-12(11-15)14(5-2)17(16-13)7-6-8-19-10-9-18-3/h4-11H2,1-3H3. The van der Waals surface area contributed by atoms with Gasteiger partial charge in [-0.3, -0.25) is 4.68 Å². The molecule has 0 saturated carbocycles. The van der Waals surface area contributed by atoms with Gasteiger partial charge in [0.25, 0.3) is 0 Å². The Morgan fingerprint density at radius 2 is 1.95 bits per heavy atom. The minimum Gasteiger partial charge on any atom is -0.382 e. The lowest BCUT2D eigenvalue weighted by Crippen LogP contribution is -2.09. The molecule has 0 aliphatic carbocycles. The molecule has 0 fully saturated rings. The number of hydrogen-bond donors (Lipinski definition) is 0. The predicted octanol–water partition coefficient (Wildman–Crippen LogP) is 2.80. The van der Waals surface area contributed by atoms with E-state index in [1.165, 1.54) is 11.3 Å². The van der Waals surface area contributed by atoms with E-state index in [9.17, 15) is 0 Å². The quantitative estimate of drug-likeness (QED) is 0.491. The van der Waals surface area contributed by atoms with Gasteiger partial charge in [0.1, 0.15) is 0 Å². The van der Waals surface area contributed by atoms with Crippen molar-refractivity contribution in [2.75, 3.05) is 26.9 Å². The van der Waals surface area contributed by atoms with Gasteiger partial charge in [-0.15, -0.1) is 11.6 Å². The number of halogens is 1. The summed E-state index contributed by atoms with van der Waals surface area (Å²) in [5, 5.41) is 4.66. The molecule has 1 heterocycles. The molecule has 1 aromatic rings. The maximum atomic E-state index is 6.03. The van der Waals surface area contributed by atoms with Crippen molar-refractivity contribution in [3.8, 4) is 0 Å². The van der Waals surface area contributed by atoms with Crippen molar-refractivity contribution in [1.29, 1.82) is 0 Å². The van der Waals surface area contributed by atoms with Crippen molar-refractivity contribution in [2.45, 2.75) is 45.5 Å². The summed E-state index contributed by atoms with van der Waals surface area (Å²) < 4.78 is 12.5. The lowest BCUT2D eigenvalue weighted by Gasteiger charge is -2.07. The van der Waals surface area contributed by atoms with Gasteiger partial charge < -0.3 is 9.47 Å². The summed E-state index contributed by atoms with van der Waals surface area (Å²) in [6, 6.07) is 0. The fourth-order valence-corrected chi connectivity index (χ4v) is 2.48. The Morgan fingerprint density at radius 3 is 2.53 bits per heavy atom. The summed E-state index contributed by atoms with van der Waals surface area (Å²) in [6.07, 6.45) is 2.87. The van der Waals surface area contributed by atoms with E-state index in [4.69, 9.17) is 21.1 Å². The van der Waals surface area contributed by atoms with Gasteiger partial charge >= 0.3 is 0 Å². The van der Waals surface area contributed by atoms with E-state index in [1.54, 1.807) is 7.11 Å². The van der Waals surface area contributed by atoms with E-state index in [-0.39, 0.29) is 0 Å². The van der Waals surface area contributed by atoms with E-state index < -0.39 is 0 Å². The summed E-state index contributed by atoms with van der Waals surface area (Å²) in [6.45, 7) is 7.21. The third kappa shape index (κ3) is 4.79. The van der Waals surface area contributed by atoms with Crippen molar-refractivity contribution in [3.05, 3.63) is 17.0 Å². The molecule has 110 valence electrons. The Balaban J connectivity index is 2.50. The lowest BCUT2D eigenvalue weighted by atomic mass is 10.1. The Labute approximate surface area is 121 Å². The molecule has 1 aromatic heterocycles. The second-order valence-electron chi connectivity index (χ2n) is 4.39. The molecule has 5 heteroatoms. The molecule has 0 spiro atoms. The molecule has 0 aromatic carbocycles. The van der Waals surface area contributed by atoms with E-state index in [0.29, 0.717) is 19.1 Å². The molecule has 0 aliphatic heterocycles. The maximum Gasteiger partial charge on any atom is 0.0700 e. The second kappa shape index (κ2) is 9.34. The number of methoxy groups -OCH3 is 1. The van der Waals surface area contributed by atoms with Gasteiger partial charge in [-0.25, -0.2) is 0 Å². The monoisotopic (exact) mass is 288 g/mol. The minimum absolute atomic E-state index is 0.552. The van der Waals surface area contributed by atoms with Crippen LogP contribution in [0.15, 0.2) is 0 Å². The Kier molecular flexibility index (Phi) is 8.10. The topological polar surface area (TPSA) is 36.3 Å². The van der Waals surface area contributed by atoms with Crippen LogP contribution in [0.4, 0.5) is 0 Å². The summed E-state index contributed by atoms with van der Waals surface area (Å²) >= 11 is 6.03. The normalized spacial score (nSPS) is 11.2. The fourth-order valence-electron chi connectivity index (χ4n) is 2.17. The lowest BCUT2D eigenvalue weighted by molar-refractivity contribution is 0.0676. The van der Waals surface area contributed by atoms with Crippen LogP contribution in [0.25, 0.3) is 0 Å². The molecule has 0 saturated heterocycles. The predicted molar refractivity (Wildman–Crippen MR) is 77.9 cm³/mol. The SMILES string of the molecule is CCc1nn(CCCOCCOC)c(CC)c1CCl. The number of aryl methyl sites for hydroxylation is 2. The molecule has 0 unspecified atom stereocenters. The molecule has 0 aliphatic rings. The highest BCUT2D eigenvalue weighted by atomic mass is 35.5. The molecule has 0 atom stereocenters. The molecule has 0 amide bonds. The highest BCUT2D eigenvalue weighted by Crippen LogP contribution is 2.18. The smallest absolute Gasteiger partial charge is 0.0700 e. The van der Waals surface area contributed by atoms with Gasteiger partial charge in [-0.05, 0) is 19.3 Å². The highest BCUT2D eigenvalue weighted by Gasteiger charge is 2.13. The van der Waals surface area contributed by atoms with Crippen molar-refractivity contribution in [1.82, 2.24) is 9.78 Å². The van der Waals surface area contributed by atoms with Gasteiger partial charge in [-0.2, -0.15) is 5.10 Å². The van der Waals surface area contributed by atoms with Crippen molar-refractivity contribution in [3.63, 3.8) is 0 Å². The number of rotatable bonds is 10. The minimum atomic E-state index is 0.552. The average molecular weight is 289 g/mol. The van der Waals surface area contributed by atoms with E-state index in [2.05, 4.69) is 23.6 Å². The van der Waals surface area contributed by atoms with Crippen LogP contribution in [-0.2, 0) is 34.7 Å². The molecule has 0 N–H and O–H groups in total. The van der Waals surface area contributed by atoms with Gasteiger partial charge in [0.15, 0.2) is 0 Å². The molecular formula is C14H25ClN2O2. The average Bonchev–Trinajstić information content (AvgIpc) is 2.79. The van der Waals surface area contributed by atoms with Crippen LogP contribution >= 0.6 is 11.6 Å². The Hall–Kier alpha value is -0.580. The van der Waals surface area contributed by atoms with Crippen molar-refractivity contribution in [2.24, 2.45) is 0 Å². The van der Waals surface area contributed by atoms with Gasteiger partial charge in [-0.1, -0.05) is 13.8 Å². The fraction of sp³-hybridized carbons (Fsp3) is 0.786. The largest absolute Gasteiger partial charge is 0.382 e. The molecule has 0 radical (unpaired) electrons. The van der Waals surface area contributed by atoms with Crippen LogP contribution in [0.1, 0.15) is 37.2 Å². The zero-order valence-electron chi connectivity index (χ0n) is 12.2. The van der Waals surface area contributed by atoms with E-state index in [1.807, 2.05) is 0 Å². The number of aromatic nitrogens is 2. The first kappa shape index (κ1) is 16.5. The molecule has 4 nitrogen and oxygen atoms in total. The number of alkyl halides is 1. The first-order valence-corrected chi connectivity index (χ1v) is 7.51. The molecule has 1 rings (SSSR count). The van der Waals surface area contributed by atoms with Gasteiger partial charge in [0.05, 0.1) is 24.8 Å². The van der Waals surface area contributed by atoms with Crippen molar-refractivity contribution >= 4 is 11.6 Å². The van der Waals surface area contributed by atoms with Crippen LogP contribution in [0.3, 0.4) is 0 Å². The highest BCUT2D eigenvalue weighted by molar-refractivity contribution is 6.17. The Bertz CT molecular complexity index is 367. The molecule has 0 bridgehead atoms. The summed E-state index contributed by atoms with van der Waals surface area (Å²) in [4.78, 5) is 0. The van der Waals surface area contributed by atoms with Crippen LogP contribution in [0.5, 0.6) is 0 Å². The second-order valence-corrected chi connectivity index (χ2v) is 4.66. The maximum absolute atomic E-state index is 6.03. The van der Waals surface area contributed by atoms with Crippen LogP contribution in [0.2, 0.25) is 0 Å². The van der Waals surface area contributed by atoms with Crippen LogP contribution in [0, 0.1) is 0 Å². The molecule has 19 heavy (non-hydrogen) atoms. The third-order valence-corrected chi connectivity index (χ3v) is 3.41. The Morgan fingerprint density at radius 1 is 1.16 bits per heavy atom.